The lowest BCUT2D eigenvalue weighted by Crippen LogP contribution is -2.33. The van der Waals surface area contributed by atoms with Crippen molar-refractivity contribution in [1.29, 1.82) is 5.26 Å². The number of nitrogens with two attached hydrogens (primary N) is 1. The highest BCUT2D eigenvalue weighted by atomic mass is 16.6. The quantitative estimate of drug-likeness (QED) is 0.663. The van der Waals surface area contributed by atoms with E-state index in [0.29, 0.717) is 6.42 Å². The van der Waals surface area contributed by atoms with Gasteiger partial charge in [-0.15, -0.1) is 0 Å². The van der Waals surface area contributed by atoms with Crippen LogP contribution < -0.4 is 10.5 Å². The van der Waals surface area contributed by atoms with Crippen molar-refractivity contribution in [2.75, 3.05) is 0 Å². The van der Waals surface area contributed by atoms with Crippen LogP contribution in [0.1, 0.15) is 31.2 Å². The van der Waals surface area contributed by atoms with Crippen molar-refractivity contribution >= 4 is 5.69 Å². The molecule has 6 nitrogen and oxygen atoms in total. The standard InChI is InChI=1S/C13H15N3O3/c14-8-9-4-5-13(12(6-9)16(17)18)19-11-3-1-2-10(15)7-11/h4-6,10-11H,1-3,7,15H2. The molecule has 19 heavy (non-hydrogen) atoms. The van der Waals surface area contributed by atoms with Crippen LogP contribution in [-0.2, 0) is 0 Å². The van der Waals surface area contributed by atoms with E-state index in [0.717, 1.165) is 19.3 Å². The van der Waals surface area contributed by atoms with E-state index < -0.39 is 4.92 Å². The molecule has 6 heteroatoms. The summed E-state index contributed by atoms with van der Waals surface area (Å²) in [5.41, 5.74) is 5.95. The number of nitrogens with zero attached hydrogens (tertiary/aromatic N) is 2. The molecule has 0 spiro atoms. The highest BCUT2D eigenvalue weighted by Crippen LogP contribution is 2.31. The molecule has 0 amide bonds. The second-order valence-corrected chi connectivity index (χ2v) is 4.72. The minimum Gasteiger partial charge on any atom is -0.483 e. The Morgan fingerprint density at radius 1 is 1.47 bits per heavy atom. The van der Waals surface area contributed by atoms with Crippen LogP contribution in [-0.4, -0.2) is 17.1 Å². The molecule has 1 saturated carbocycles. The number of nitro benzene ring substituents is 1. The normalized spacial score (nSPS) is 22.5. The Balaban J connectivity index is 2.20. The molecular weight excluding hydrogens is 246 g/mol. The molecule has 1 aliphatic rings. The first-order valence-electron chi connectivity index (χ1n) is 6.21. The first-order valence-corrected chi connectivity index (χ1v) is 6.21. The zero-order valence-corrected chi connectivity index (χ0v) is 10.4. The third kappa shape index (κ3) is 3.20. The summed E-state index contributed by atoms with van der Waals surface area (Å²) in [4.78, 5) is 10.5. The Morgan fingerprint density at radius 3 is 2.89 bits per heavy atom. The number of nitriles is 1. The topological polar surface area (TPSA) is 102 Å². The van der Waals surface area contributed by atoms with Gasteiger partial charge in [0.25, 0.3) is 0 Å². The van der Waals surface area contributed by atoms with Gasteiger partial charge in [-0.05, 0) is 37.8 Å². The fraction of sp³-hybridized carbons (Fsp3) is 0.462. The van der Waals surface area contributed by atoms with Gasteiger partial charge in [0.15, 0.2) is 5.75 Å². The van der Waals surface area contributed by atoms with E-state index in [9.17, 15) is 10.1 Å². The van der Waals surface area contributed by atoms with E-state index in [4.69, 9.17) is 15.7 Å². The van der Waals surface area contributed by atoms with Gasteiger partial charge in [-0.25, -0.2) is 0 Å². The van der Waals surface area contributed by atoms with E-state index >= 15 is 0 Å². The van der Waals surface area contributed by atoms with Crippen LogP contribution in [0.3, 0.4) is 0 Å². The van der Waals surface area contributed by atoms with Crippen LogP contribution >= 0.6 is 0 Å². The maximum atomic E-state index is 11.0. The molecule has 0 aromatic heterocycles. The van der Waals surface area contributed by atoms with Crippen molar-refractivity contribution in [2.24, 2.45) is 5.73 Å². The smallest absolute Gasteiger partial charge is 0.312 e. The zero-order valence-electron chi connectivity index (χ0n) is 10.4. The van der Waals surface area contributed by atoms with E-state index in [2.05, 4.69) is 0 Å². The average Bonchev–Trinajstić information content (AvgIpc) is 2.39. The van der Waals surface area contributed by atoms with Crippen LogP contribution in [0.2, 0.25) is 0 Å². The molecule has 2 unspecified atom stereocenters. The number of hydrogen-bond donors (Lipinski definition) is 1. The molecular formula is C13H15N3O3. The van der Waals surface area contributed by atoms with Gasteiger partial charge in [0.2, 0.25) is 0 Å². The average molecular weight is 261 g/mol. The van der Waals surface area contributed by atoms with Crippen molar-refractivity contribution in [1.82, 2.24) is 0 Å². The molecule has 2 atom stereocenters. The fourth-order valence-corrected chi connectivity index (χ4v) is 2.30. The molecule has 0 bridgehead atoms. The van der Waals surface area contributed by atoms with Gasteiger partial charge in [0, 0.05) is 12.1 Å². The predicted octanol–water partition coefficient (Wildman–Crippen LogP) is 2.12. The molecule has 0 radical (unpaired) electrons. The molecule has 1 aliphatic carbocycles. The van der Waals surface area contributed by atoms with Gasteiger partial charge < -0.3 is 10.5 Å². The van der Waals surface area contributed by atoms with Crippen LogP contribution in [0.4, 0.5) is 5.69 Å². The maximum absolute atomic E-state index is 11.0. The minimum absolute atomic E-state index is 0.0876. The van der Waals surface area contributed by atoms with Crippen LogP contribution in [0, 0.1) is 21.4 Å². The fourth-order valence-electron chi connectivity index (χ4n) is 2.30. The Hall–Kier alpha value is -2.13. The Kier molecular flexibility index (Phi) is 3.97. The number of rotatable bonds is 3. The lowest BCUT2D eigenvalue weighted by Gasteiger charge is -2.27. The molecule has 0 saturated heterocycles. The summed E-state index contributed by atoms with van der Waals surface area (Å²) in [5, 5.41) is 19.7. The summed E-state index contributed by atoms with van der Waals surface area (Å²) in [6.45, 7) is 0. The molecule has 0 aliphatic heterocycles. The van der Waals surface area contributed by atoms with E-state index in [1.54, 1.807) is 0 Å². The third-order valence-electron chi connectivity index (χ3n) is 3.25. The molecule has 1 aromatic carbocycles. The van der Waals surface area contributed by atoms with Gasteiger partial charge in [0.05, 0.1) is 16.6 Å². The Labute approximate surface area is 110 Å². The third-order valence-corrected chi connectivity index (χ3v) is 3.25. The SMILES string of the molecule is N#Cc1ccc(OC2CCCC(N)C2)c([N+](=O)[O-])c1. The minimum atomic E-state index is -0.529. The summed E-state index contributed by atoms with van der Waals surface area (Å²) in [5.74, 6) is 0.211. The molecule has 0 heterocycles. The lowest BCUT2D eigenvalue weighted by atomic mass is 9.93. The van der Waals surface area contributed by atoms with Crippen molar-refractivity contribution in [3.05, 3.63) is 33.9 Å². The summed E-state index contributed by atoms with van der Waals surface area (Å²) >= 11 is 0. The van der Waals surface area contributed by atoms with Gasteiger partial charge in [-0.2, -0.15) is 5.26 Å². The largest absolute Gasteiger partial charge is 0.483 e. The number of nitro groups is 1. The van der Waals surface area contributed by atoms with E-state index in [-0.39, 0.29) is 29.1 Å². The number of ether oxygens (including phenoxy) is 1. The highest BCUT2D eigenvalue weighted by molar-refractivity contribution is 5.51. The maximum Gasteiger partial charge on any atom is 0.312 e. The van der Waals surface area contributed by atoms with Crippen molar-refractivity contribution < 1.29 is 9.66 Å². The molecule has 2 N–H and O–H groups in total. The second kappa shape index (κ2) is 5.67. The molecule has 1 aromatic rings. The van der Waals surface area contributed by atoms with Gasteiger partial charge in [-0.3, -0.25) is 10.1 Å². The van der Waals surface area contributed by atoms with Gasteiger partial charge >= 0.3 is 5.69 Å². The van der Waals surface area contributed by atoms with Crippen molar-refractivity contribution in [2.45, 2.75) is 37.8 Å². The van der Waals surface area contributed by atoms with Gasteiger partial charge in [0.1, 0.15) is 6.10 Å². The first-order chi connectivity index (χ1) is 9.10. The molecule has 100 valence electrons. The lowest BCUT2D eigenvalue weighted by molar-refractivity contribution is -0.386. The van der Waals surface area contributed by atoms with Gasteiger partial charge in [-0.1, -0.05) is 0 Å². The highest BCUT2D eigenvalue weighted by Gasteiger charge is 2.24. The first kappa shape index (κ1) is 13.3. The summed E-state index contributed by atoms with van der Waals surface area (Å²) in [7, 11) is 0. The second-order valence-electron chi connectivity index (χ2n) is 4.72. The van der Waals surface area contributed by atoms with Crippen LogP contribution in [0.15, 0.2) is 18.2 Å². The van der Waals surface area contributed by atoms with Crippen molar-refractivity contribution in [3.8, 4) is 11.8 Å². The Bertz CT molecular complexity index is 524. The van der Waals surface area contributed by atoms with E-state index in [1.165, 1.54) is 18.2 Å². The monoisotopic (exact) mass is 261 g/mol. The molecule has 1 fully saturated rings. The van der Waals surface area contributed by atoms with Crippen LogP contribution in [0.25, 0.3) is 0 Å². The number of hydrogen-bond acceptors (Lipinski definition) is 5. The Morgan fingerprint density at radius 2 is 2.26 bits per heavy atom. The summed E-state index contributed by atoms with van der Waals surface area (Å²) < 4.78 is 5.69. The zero-order chi connectivity index (χ0) is 13.8. The van der Waals surface area contributed by atoms with Crippen molar-refractivity contribution in [3.63, 3.8) is 0 Å². The molecule has 2 rings (SSSR count). The summed E-state index contributed by atoms with van der Waals surface area (Å²) in [6, 6.07) is 6.21. The number of benzene rings is 1. The van der Waals surface area contributed by atoms with Crippen LogP contribution in [0.5, 0.6) is 5.75 Å². The summed E-state index contributed by atoms with van der Waals surface area (Å²) in [6.07, 6.45) is 3.41. The predicted molar refractivity (Wildman–Crippen MR) is 68.7 cm³/mol. The van der Waals surface area contributed by atoms with E-state index in [1.807, 2.05) is 6.07 Å².